The van der Waals surface area contributed by atoms with Crippen molar-refractivity contribution in [2.24, 2.45) is 11.7 Å². The van der Waals surface area contributed by atoms with E-state index in [1.807, 2.05) is 72.8 Å². The summed E-state index contributed by atoms with van der Waals surface area (Å²) in [6.07, 6.45) is 0.810. The van der Waals surface area contributed by atoms with Crippen LogP contribution in [-0.2, 0) is 4.79 Å². The first-order valence-corrected chi connectivity index (χ1v) is 9.51. The van der Waals surface area contributed by atoms with E-state index >= 15 is 0 Å². The Morgan fingerprint density at radius 1 is 1.04 bits per heavy atom. The van der Waals surface area contributed by atoms with Gasteiger partial charge >= 0.3 is 0 Å². The third-order valence-corrected chi connectivity index (χ3v) is 5.42. The van der Waals surface area contributed by atoms with Gasteiger partial charge < -0.3 is 11.1 Å². The quantitative estimate of drug-likeness (QED) is 0.422. The van der Waals surface area contributed by atoms with Crippen molar-refractivity contribution in [2.75, 3.05) is 5.32 Å². The average molecular weight is 390 g/mol. The smallest absolute Gasteiger partial charge is 0.228 e. The zero-order valence-corrected chi connectivity index (χ0v) is 15.9. The van der Waals surface area contributed by atoms with Crippen LogP contribution in [0.5, 0.6) is 0 Å². The Morgan fingerprint density at radius 2 is 1.79 bits per heavy atom. The van der Waals surface area contributed by atoms with Crippen molar-refractivity contribution < 1.29 is 4.79 Å². The van der Waals surface area contributed by atoms with Crippen molar-refractivity contribution in [1.29, 1.82) is 5.41 Å². The van der Waals surface area contributed by atoms with Gasteiger partial charge in [-0.2, -0.15) is 0 Å². The van der Waals surface area contributed by atoms with E-state index in [4.69, 9.17) is 22.7 Å². The second-order valence-corrected chi connectivity index (χ2v) is 7.44. The molecule has 0 radical (unpaired) electrons. The van der Waals surface area contributed by atoms with Crippen LogP contribution < -0.4 is 11.1 Å². The molecule has 0 aliphatic heterocycles. The number of amides is 1. The molecule has 140 valence electrons. The van der Waals surface area contributed by atoms with Crippen LogP contribution in [0.4, 0.5) is 5.69 Å². The summed E-state index contributed by atoms with van der Waals surface area (Å²) in [5.41, 5.74) is 10.1. The Hall–Kier alpha value is -3.11. The topological polar surface area (TPSA) is 79.0 Å². The van der Waals surface area contributed by atoms with E-state index in [0.717, 1.165) is 28.8 Å². The molecule has 4 N–H and O–H groups in total. The molecule has 4 rings (SSSR count). The van der Waals surface area contributed by atoms with Crippen LogP contribution in [0.25, 0.3) is 11.1 Å². The number of nitrogens with one attached hydrogen (secondary N) is 2. The first-order chi connectivity index (χ1) is 13.5. The minimum absolute atomic E-state index is 0.0173. The zero-order valence-electron chi connectivity index (χ0n) is 15.2. The maximum absolute atomic E-state index is 12.6. The van der Waals surface area contributed by atoms with Gasteiger partial charge in [-0.3, -0.25) is 10.2 Å². The number of halogens is 1. The summed E-state index contributed by atoms with van der Waals surface area (Å²) >= 11 is 6.25. The van der Waals surface area contributed by atoms with E-state index in [2.05, 4.69) is 5.32 Å². The summed E-state index contributed by atoms with van der Waals surface area (Å²) in [7, 11) is 0. The molecular formula is C23H20ClN3O. The van der Waals surface area contributed by atoms with Gasteiger partial charge in [-0.25, -0.2) is 0 Å². The molecule has 1 amide bonds. The van der Waals surface area contributed by atoms with Crippen molar-refractivity contribution in [3.63, 3.8) is 0 Å². The Kier molecular flexibility index (Phi) is 4.88. The predicted molar refractivity (Wildman–Crippen MR) is 114 cm³/mol. The highest BCUT2D eigenvalue weighted by Gasteiger charge is 2.44. The van der Waals surface area contributed by atoms with E-state index < -0.39 is 0 Å². The van der Waals surface area contributed by atoms with Crippen LogP contribution >= 0.6 is 11.6 Å². The highest BCUT2D eigenvalue weighted by molar-refractivity contribution is 6.33. The van der Waals surface area contributed by atoms with Crippen LogP contribution in [0.15, 0.2) is 72.8 Å². The molecular weight excluding hydrogens is 370 g/mol. The van der Waals surface area contributed by atoms with Gasteiger partial charge in [0.2, 0.25) is 5.91 Å². The Balaban J connectivity index is 1.42. The Bertz CT molecular complexity index is 1050. The van der Waals surface area contributed by atoms with Crippen LogP contribution in [0.2, 0.25) is 5.02 Å². The normalized spacial score (nSPS) is 17.8. The fraction of sp³-hybridized carbons (Fsp3) is 0.130. The van der Waals surface area contributed by atoms with Crippen molar-refractivity contribution >= 4 is 29.0 Å². The number of hydrogen-bond acceptors (Lipinski definition) is 2. The van der Waals surface area contributed by atoms with Crippen molar-refractivity contribution in [3.8, 4) is 11.1 Å². The molecule has 0 bridgehead atoms. The number of nitrogen functional groups attached to an aromatic ring is 1. The van der Waals surface area contributed by atoms with Gasteiger partial charge in [0.05, 0.1) is 0 Å². The fourth-order valence-corrected chi connectivity index (χ4v) is 3.70. The summed E-state index contributed by atoms with van der Waals surface area (Å²) < 4.78 is 0. The van der Waals surface area contributed by atoms with E-state index in [-0.39, 0.29) is 23.6 Å². The van der Waals surface area contributed by atoms with Crippen LogP contribution in [-0.4, -0.2) is 11.7 Å². The standard InChI is InChI=1S/C23H20ClN3O/c24-21-7-2-1-6-18(21)14-8-10-17(11-9-14)27-23(28)20-13-19(20)15-4-3-5-16(12-15)22(25)26/h1-12,19-20H,13H2,(H3,25,26)(H,27,28)/t19-,20-/m1/s1. The lowest BCUT2D eigenvalue weighted by Crippen LogP contribution is -2.14. The van der Waals surface area contributed by atoms with Gasteiger partial charge in [0.1, 0.15) is 5.84 Å². The molecule has 1 aliphatic rings. The minimum atomic E-state index is -0.0505. The van der Waals surface area contributed by atoms with E-state index in [1.54, 1.807) is 0 Å². The molecule has 0 unspecified atom stereocenters. The second kappa shape index (κ2) is 7.49. The number of carbonyl (C=O) groups excluding carboxylic acids is 1. The monoisotopic (exact) mass is 389 g/mol. The molecule has 3 aromatic rings. The third kappa shape index (κ3) is 3.78. The highest BCUT2D eigenvalue weighted by atomic mass is 35.5. The minimum Gasteiger partial charge on any atom is -0.384 e. The third-order valence-electron chi connectivity index (χ3n) is 5.09. The van der Waals surface area contributed by atoms with Crippen molar-refractivity contribution in [3.05, 3.63) is 88.9 Å². The number of rotatable bonds is 5. The summed E-state index contributed by atoms with van der Waals surface area (Å²) in [5.74, 6) is 0.193. The number of carbonyl (C=O) groups is 1. The predicted octanol–water partition coefficient (Wildman–Crippen LogP) is 5.03. The van der Waals surface area contributed by atoms with Crippen LogP contribution in [0, 0.1) is 11.3 Å². The number of hydrogen-bond donors (Lipinski definition) is 3. The number of anilines is 1. The van der Waals surface area contributed by atoms with Gasteiger partial charge in [-0.05, 0) is 47.7 Å². The lowest BCUT2D eigenvalue weighted by molar-refractivity contribution is -0.117. The van der Waals surface area contributed by atoms with E-state index in [0.29, 0.717) is 10.6 Å². The Morgan fingerprint density at radius 3 is 2.50 bits per heavy atom. The average Bonchev–Trinajstić information content (AvgIpc) is 3.50. The molecule has 5 heteroatoms. The largest absolute Gasteiger partial charge is 0.384 e. The van der Waals surface area contributed by atoms with Gasteiger partial charge in [-0.15, -0.1) is 0 Å². The molecule has 0 saturated heterocycles. The molecule has 1 saturated carbocycles. The molecule has 0 aromatic heterocycles. The lowest BCUT2D eigenvalue weighted by atomic mass is 10.0. The van der Waals surface area contributed by atoms with Gasteiger partial charge in [0, 0.05) is 27.8 Å². The summed E-state index contributed by atoms with van der Waals surface area (Å²) in [6.45, 7) is 0. The number of amidine groups is 1. The maximum Gasteiger partial charge on any atom is 0.228 e. The van der Waals surface area contributed by atoms with Crippen LogP contribution in [0.3, 0.4) is 0 Å². The summed E-state index contributed by atoms with van der Waals surface area (Å²) in [6, 6.07) is 23.0. The summed E-state index contributed by atoms with van der Waals surface area (Å²) in [5, 5.41) is 11.3. The van der Waals surface area contributed by atoms with Crippen molar-refractivity contribution in [2.45, 2.75) is 12.3 Å². The highest BCUT2D eigenvalue weighted by Crippen LogP contribution is 2.48. The molecule has 0 heterocycles. The molecule has 3 aromatic carbocycles. The summed E-state index contributed by atoms with van der Waals surface area (Å²) in [4.78, 5) is 12.6. The maximum atomic E-state index is 12.6. The molecule has 28 heavy (non-hydrogen) atoms. The second-order valence-electron chi connectivity index (χ2n) is 7.03. The van der Waals surface area contributed by atoms with E-state index in [1.165, 1.54) is 0 Å². The van der Waals surface area contributed by atoms with Crippen LogP contribution in [0.1, 0.15) is 23.5 Å². The molecule has 4 nitrogen and oxygen atoms in total. The first-order valence-electron chi connectivity index (χ1n) is 9.13. The van der Waals surface area contributed by atoms with Gasteiger partial charge in [-0.1, -0.05) is 60.1 Å². The fourth-order valence-electron chi connectivity index (χ4n) is 3.45. The molecule has 0 spiro atoms. The molecule has 2 atom stereocenters. The molecule has 1 fully saturated rings. The van der Waals surface area contributed by atoms with Gasteiger partial charge in [0.15, 0.2) is 0 Å². The lowest BCUT2D eigenvalue weighted by Gasteiger charge is -2.08. The van der Waals surface area contributed by atoms with E-state index in [9.17, 15) is 4.79 Å². The number of nitrogens with two attached hydrogens (primary N) is 1. The van der Waals surface area contributed by atoms with Crippen molar-refractivity contribution in [1.82, 2.24) is 0 Å². The molecule has 1 aliphatic carbocycles. The first kappa shape index (κ1) is 18.3. The SMILES string of the molecule is N=C(N)c1cccc([C@H]2C[C@H]2C(=O)Nc2ccc(-c3ccccc3Cl)cc2)c1. The van der Waals surface area contributed by atoms with Gasteiger partial charge in [0.25, 0.3) is 0 Å². The number of benzene rings is 3. The zero-order chi connectivity index (χ0) is 19.7. The Labute approximate surface area is 168 Å².